The summed E-state index contributed by atoms with van der Waals surface area (Å²) in [6.07, 6.45) is 3.61. The molecule has 2 heterocycles. The van der Waals surface area contributed by atoms with Gasteiger partial charge in [-0.05, 0) is 12.8 Å². The highest BCUT2D eigenvalue weighted by Crippen LogP contribution is 2.39. The molecular formula is C9H9ClN4OS. The van der Waals surface area contributed by atoms with E-state index in [0.717, 1.165) is 17.8 Å². The molecule has 1 aromatic heterocycles. The molecule has 0 aromatic carbocycles. The van der Waals surface area contributed by atoms with Crippen molar-refractivity contribution in [2.24, 2.45) is 10.7 Å². The Morgan fingerprint density at radius 1 is 1.56 bits per heavy atom. The Kier molecular flexibility index (Phi) is 2.15. The maximum absolute atomic E-state index is 11.7. The van der Waals surface area contributed by atoms with Crippen LogP contribution >= 0.6 is 22.9 Å². The van der Waals surface area contributed by atoms with Crippen LogP contribution < -0.4 is 5.73 Å². The van der Waals surface area contributed by atoms with Gasteiger partial charge in [-0.15, -0.1) is 11.3 Å². The first-order valence-electron chi connectivity index (χ1n) is 4.94. The molecule has 5 nitrogen and oxygen atoms in total. The van der Waals surface area contributed by atoms with E-state index >= 15 is 0 Å². The van der Waals surface area contributed by atoms with E-state index < -0.39 is 0 Å². The minimum absolute atomic E-state index is 0.253. The number of amidine groups is 1. The first kappa shape index (κ1) is 10.0. The van der Waals surface area contributed by atoms with E-state index in [9.17, 15) is 4.79 Å². The average molecular weight is 257 g/mol. The molecule has 7 heteroatoms. The summed E-state index contributed by atoms with van der Waals surface area (Å²) in [5.74, 6) is 0.322. The minimum Gasteiger partial charge on any atom is -0.385 e. The second-order valence-corrected chi connectivity index (χ2v) is 5.56. The summed E-state index contributed by atoms with van der Waals surface area (Å²) in [4.78, 5) is 21.4. The highest BCUT2D eigenvalue weighted by Gasteiger charge is 2.44. The molecule has 1 aliphatic carbocycles. The zero-order chi connectivity index (χ0) is 11.3. The van der Waals surface area contributed by atoms with Gasteiger partial charge in [0.1, 0.15) is 21.2 Å². The van der Waals surface area contributed by atoms with Crippen LogP contribution in [0.25, 0.3) is 0 Å². The molecule has 1 aromatic rings. The third-order valence-electron chi connectivity index (χ3n) is 2.67. The molecule has 1 atom stereocenters. The number of nitrogens with zero attached hydrogens (tertiary/aromatic N) is 3. The molecule has 84 valence electrons. The van der Waals surface area contributed by atoms with E-state index in [-0.39, 0.29) is 18.1 Å². The van der Waals surface area contributed by atoms with Gasteiger partial charge in [0.05, 0.1) is 6.20 Å². The molecule has 0 radical (unpaired) electrons. The first-order chi connectivity index (χ1) is 7.66. The Balaban J connectivity index is 1.97. The molecule has 1 fully saturated rings. The van der Waals surface area contributed by atoms with Crippen molar-refractivity contribution in [1.29, 1.82) is 0 Å². The van der Waals surface area contributed by atoms with Crippen LogP contribution in [0.2, 0.25) is 4.34 Å². The zero-order valence-corrected chi connectivity index (χ0v) is 9.83. The fraction of sp³-hybridized carbons (Fsp3) is 0.444. The Morgan fingerprint density at radius 2 is 2.31 bits per heavy atom. The molecular weight excluding hydrogens is 248 g/mol. The van der Waals surface area contributed by atoms with Gasteiger partial charge in [0, 0.05) is 6.04 Å². The normalized spacial score (nSPS) is 25.1. The van der Waals surface area contributed by atoms with Crippen molar-refractivity contribution in [2.75, 3.05) is 0 Å². The Bertz CT molecular complexity index is 482. The molecule has 2 amide bonds. The van der Waals surface area contributed by atoms with E-state index in [1.807, 2.05) is 0 Å². The fourth-order valence-corrected chi connectivity index (χ4v) is 2.88. The second-order valence-electron chi connectivity index (χ2n) is 3.86. The Morgan fingerprint density at radius 3 is 2.88 bits per heavy atom. The van der Waals surface area contributed by atoms with Crippen LogP contribution in [0.1, 0.15) is 23.9 Å². The van der Waals surface area contributed by atoms with Crippen LogP contribution in [0, 0.1) is 0 Å². The van der Waals surface area contributed by atoms with Crippen LogP contribution in [0.4, 0.5) is 4.79 Å². The molecule has 0 spiro atoms. The number of aromatic nitrogens is 1. The van der Waals surface area contributed by atoms with Crippen molar-refractivity contribution in [2.45, 2.75) is 24.9 Å². The van der Waals surface area contributed by atoms with Crippen molar-refractivity contribution in [3.05, 3.63) is 15.5 Å². The molecule has 0 saturated heterocycles. The topological polar surface area (TPSA) is 71.6 Å². The number of halogens is 1. The predicted octanol–water partition coefficient (Wildman–Crippen LogP) is 1.79. The van der Waals surface area contributed by atoms with Gasteiger partial charge in [-0.3, -0.25) is 0 Å². The summed E-state index contributed by atoms with van der Waals surface area (Å²) in [7, 11) is 0. The van der Waals surface area contributed by atoms with Crippen molar-refractivity contribution < 1.29 is 4.79 Å². The van der Waals surface area contributed by atoms with Crippen LogP contribution in [-0.2, 0) is 0 Å². The number of hydrogen-bond acceptors (Lipinski definition) is 4. The van der Waals surface area contributed by atoms with Gasteiger partial charge in [-0.1, -0.05) is 11.6 Å². The standard InChI is InChI=1S/C9H9ClN4OS/c10-5-3-12-8(16-5)6-7(11)13-9(15)14(6)4-1-2-4/h3-4,6H,1-2H2,(H2,11,13,15). The van der Waals surface area contributed by atoms with Crippen molar-refractivity contribution in [3.63, 3.8) is 0 Å². The minimum atomic E-state index is -0.308. The fourth-order valence-electron chi connectivity index (χ4n) is 1.84. The summed E-state index contributed by atoms with van der Waals surface area (Å²) in [6, 6.07) is -0.293. The molecule has 0 bridgehead atoms. The highest BCUT2D eigenvalue weighted by molar-refractivity contribution is 7.16. The number of carbonyl (C=O) groups is 1. The number of carbonyl (C=O) groups excluding carboxylic acids is 1. The van der Waals surface area contributed by atoms with E-state index in [1.54, 1.807) is 11.1 Å². The van der Waals surface area contributed by atoms with E-state index in [0.29, 0.717) is 10.2 Å². The lowest BCUT2D eigenvalue weighted by atomic mass is 10.2. The smallest absolute Gasteiger partial charge is 0.346 e. The van der Waals surface area contributed by atoms with Gasteiger partial charge < -0.3 is 10.6 Å². The second kappa shape index (κ2) is 3.43. The number of thiazole rings is 1. The van der Waals surface area contributed by atoms with E-state index in [1.165, 1.54) is 11.3 Å². The van der Waals surface area contributed by atoms with Crippen LogP contribution in [-0.4, -0.2) is 27.8 Å². The summed E-state index contributed by atoms with van der Waals surface area (Å²) in [5, 5.41) is 0.740. The third kappa shape index (κ3) is 1.49. The maximum Gasteiger partial charge on any atom is 0.346 e. The van der Waals surface area contributed by atoms with Gasteiger partial charge in [0.15, 0.2) is 0 Å². The summed E-state index contributed by atoms with van der Waals surface area (Å²) in [6.45, 7) is 0. The van der Waals surface area contributed by atoms with Gasteiger partial charge in [0.2, 0.25) is 0 Å². The molecule has 3 rings (SSSR count). The largest absolute Gasteiger partial charge is 0.385 e. The zero-order valence-electron chi connectivity index (χ0n) is 8.26. The number of urea groups is 1. The van der Waals surface area contributed by atoms with Crippen LogP contribution in [0.5, 0.6) is 0 Å². The van der Waals surface area contributed by atoms with Crippen molar-refractivity contribution in [1.82, 2.24) is 9.88 Å². The third-order valence-corrected chi connectivity index (χ3v) is 3.84. The predicted molar refractivity (Wildman–Crippen MR) is 61.7 cm³/mol. The lowest BCUT2D eigenvalue weighted by Gasteiger charge is -2.21. The quantitative estimate of drug-likeness (QED) is 0.877. The molecule has 1 aliphatic heterocycles. The highest BCUT2D eigenvalue weighted by atomic mass is 35.5. The summed E-state index contributed by atoms with van der Waals surface area (Å²) in [5.41, 5.74) is 5.78. The van der Waals surface area contributed by atoms with Crippen LogP contribution in [0.3, 0.4) is 0 Å². The van der Waals surface area contributed by atoms with Gasteiger partial charge in [-0.25, -0.2) is 9.78 Å². The number of hydrogen-bond donors (Lipinski definition) is 1. The number of nitrogens with two attached hydrogens (primary N) is 1. The first-order valence-corrected chi connectivity index (χ1v) is 6.14. The van der Waals surface area contributed by atoms with E-state index in [2.05, 4.69) is 9.98 Å². The number of amides is 2. The number of rotatable bonds is 2. The van der Waals surface area contributed by atoms with Crippen LogP contribution in [0.15, 0.2) is 11.2 Å². The molecule has 1 saturated carbocycles. The average Bonchev–Trinajstić information content (AvgIpc) is 2.90. The molecule has 16 heavy (non-hydrogen) atoms. The molecule has 2 aliphatic rings. The monoisotopic (exact) mass is 256 g/mol. The van der Waals surface area contributed by atoms with Gasteiger partial charge in [0.25, 0.3) is 0 Å². The Hall–Kier alpha value is -1.14. The Labute approximate surface area is 101 Å². The van der Waals surface area contributed by atoms with E-state index in [4.69, 9.17) is 17.3 Å². The van der Waals surface area contributed by atoms with Gasteiger partial charge in [-0.2, -0.15) is 4.99 Å². The lowest BCUT2D eigenvalue weighted by Crippen LogP contribution is -2.34. The SMILES string of the molecule is NC1=NC(=O)N(C2CC2)C1c1ncc(Cl)s1. The molecule has 1 unspecified atom stereocenters. The summed E-state index contributed by atoms with van der Waals surface area (Å²) >= 11 is 7.18. The lowest BCUT2D eigenvalue weighted by molar-refractivity contribution is 0.203. The van der Waals surface area contributed by atoms with Crippen molar-refractivity contribution in [3.8, 4) is 0 Å². The molecule has 2 N–H and O–H groups in total. The van der Waals surface area contributed by atoms with Crippen molar-refractivity contribution >= 4 is 34.8 Å². The van der Waals surface area contributed by atoms with Gasteiger partial charge >= 0.3 is 6.03 Å². The number of aliphatic imine (C=N–C) groups is 1. The maximum atomic E-state index is 11.7. The summed E-state index contributed by atoms with van der Waals surface area (Å²) < 4.78 is 0.595.